The zero-order valence-electron chi connectivity index (χ0n) is 22.8. The van der Waals surface area contributed by atoms with Crippen LogP contribution in [0.4, 0.5) is 28.4 Å². The van der Waals surface area contributed by atoms with Gasteiger partial charge in [0.25, 0.3) is 15.7 Å². The number of benzene rings is 3. The minimum Gasteiger partial charge on any atom is -0.495 e. The molecule has 0 amide bonds. The molecule has 4 N–H and O–H groups in total. The first-order valence-electron chi connectivity index (χ1n) is 12.4. The van der Waals surface area contributed by atoms with E-state index in [0.29, 0.717) is 17.1 Å². The zero-order valence-corrected chi connectivity index (χ0v) is 23.6. The molecule has 3 aromatic rings. The van der Waals surface area contributed by atoms with Crippen molar-refractivity contribution in [3.63, 3.8) is 0 Å². The average molecular weight is 541 g/mol. The molecule has 3 aromatic carbocycles. The SMILES string of the molecule is COc1ccc(Nc2ccc(NS(=O)(=O)c3c(C(C)C)cc(C(C)C)cc3C(C)C)cc2[N+](=O)[O-])cc1N. The van der Waals surface area contributed by atoms with Gasteiger partial charge in [0.1, 0.15) is 11.4 Å². The smallest absolute Gasteiger partial charge is 0.294 e. The summed E-state index contributed by atoms with van der Waals surface area (Å²) in [6.07, 6.45) is 0. The summed E-state index contributed by atoms with van der Waals surface area (Å²) in [4.78, 5) is 11.6. The highest BCUT2D eigenvalue weighted by Gasteiger charge is 2.28. The van der Waals surface area contributed by atoms with E-state index in [1.165, 1.54) is 25.3 Å². The molecule has 0 bridgehead atoms. The molecular weight excluding hydrogens is 504 g/mol. The van der Waals surface area contributed by atoms with E-state index in [2.05, 4.69) is 23.9 Å². The van der Waals surface area contributed by atoms with Crippen LogP contribution in [0.2, 0.25) is 0 Å². The molecule has 0 unspecified atom stereocenters. The topological polar surface area (TPSA) is 137 Å². The minimum absolute atomic E-state index is 0.0457. The Balaban J connectivity index is 2.05. The molecule has 0 aliphatic heterocycles. The largest absolute Gasteiger partial charge is 0.495 e. The van der Waals surface area contributed by atoms with Crippen molar-refractivity contribution in [3.05, 3.63) is 75.3 Å². The summed E-state index contributed by atoms with van der Waals surface area (Å²) in [7, 11) is -2.56. The van der Waals surface area contributed by atoms with Crippen molar-refractivity contribution in [2.45, 2.75) is 64.2 Å². The number of methoxy groups -OCH3 is 1. The van der Waals surface area contributed by atoms with Gasteiger partial charge in [-0.25, -0.2) is 8.42 Å². The van der Waals surface area contributed by atoms with Crippen molar-refractivity contribution >= 4 is 38.5 Å². The third kappa shape index (κ3) is 6.19. The molecule has 3 rings (SSSR count). The fourth-order valence-corrected chi connectivity index (χ4v) is 5.97. The van der Waals surface area contributed by atoms with Crippen molar-refractivity contribution < 1.29 is 18.1 Å². The lowest BCUT2D eigenvalue weighted by molar-refractivity contribution is -0.383. The van der Waals surface area contributed by atoms with Crippen LogP contribution in [0.1, 0.15) is 76.0 Å². The van der Waals surface area contributed by atoms with Crippen molar-refractivity contribution in [1.29, 1.82) is 0 Å². The van der Waals surface area contributed by atoms with Crippen LogP contribution >= 0.6 is 0 Å². The Morgan fingerprint density at radius 2 is 1.45 bits per heavy atom. The van der Waals surface area contributed by atoms with Gasteiger partial charge in [-0.2, -0.15) is 0 Å². The summed E-state index contributed by atoms with van der Waals surface area (Å²) in [5.41, 5.74) is 9.34. The van der Waals surface area contributed by atoms with Gasteiger partial charge in [0, 0.05) is 11.8 Å². The summed E-state index contributed by atoms with van der Waals surface area (Å²) in [6.45, 7) is 12.0. The van der Waals surface area contributed by atoms with Gasteiger partial charge in [-0.3, -0.25) is 14.8 Å². The number of nitro groups is 1. The van der Waals surface area contributed by atoms with E-state index >= 15 is 0 Å². The van der Waals surface area contributed by atoms with Crippen molar-refractivity contribution in [2.24, 2.45) is 0 Å². The first kappa shape index (κ1) is 28.8. The first-order chi connectivity index (χ1) is 17.7. The molecule has 0 aliphatic carbocycles. The van der Waals surface area contributed by atoms with Gasteiger partial charge >= 0.3 is 0 Å². The molecule has 0 saturated heterocycles. The molecule has 9 nitrogen and oxygen atoms in total. The number of anilines is 4. The van der Waals surface area contributed by atoms with Gasteiger partial charge in [-0.05, 0) is 64.8 Å². The predicted molar refractivity (Wildman–Crippen MR) is 153 cm³/mol. The van der Waals surface area contributed by atoms with E-state index in [-0.39, 0.29) is 39.7 Å². The van der Waals surface area contributed by atoms with E-state index in [0.717, 1.165) is 16.7 Å². The molecular formula is C28H36N4O5S. The molecule has 0 aromatic heterocycles. The fourth-order valence-electron chi connectivity index (χ4n) is 4.23. The van der Waals surface area contributed by atoms with E-state index in [9.17, 15) is 18.5 Å². The Bertz CT molecular complexity index is 1420. The average Bonchev–Trinajstić information content (AvgIpc) is 2.83. The first-order valence-corrected chi connectivity index (χ1v) is 13.9. The Hall–Kier alpha value is -3.79. The number of nitro benzene ring substituents is 1. The molecule has 0 fully saturated rings. The number of hydrogen-bond acceptors (Lipinski definition) is 7. The maximum atomic E-state index is 13.8. The summed E-state index contributed by atoms with van der Waals surface area (Å²) < 4.78 is 35.3. The van der Waals surface area contributed by atoms with Crippen molar-refractivity contribution in [1.82, 2.24) is 0 Å². The number of nitrogens with zero attached hydrogens (tertiary/aromatic N) is 1. The number of ether oxygens (including phenoxy) is 1. The second kappa shape index (κ2) is 11.3. The maximum Gasteiger partial charge on any atom is 0.294 e. The molecule has 0 spiro atoms. The normalized spacial score (nSPS) is 11.7. The Kier molecular flexibility index (Phi) is 8.56. The highest BCUT2D eigenvalue weighted by Crippen LogP contribution is 2.37. The lowest BCUT2D eigenvalue weighted by atomic mass is 9.89. The summed E-state index contributed by atoms with van der Waals surface area (Å²) >= 11 is 0. The molecule has 10 heteroatoms. The van der Waals surface area contributed by atoms with Gasteiger partial charge in [0.2, 0.25) is 0 Å². The third-order valence-corrected chi connectivity index (χ3v) is 7.82. The van der Waals surface area contributed by atoms with Crippen LogP contribution in [0, 0.1) is 10.1 Å². The predicted octanol–water partition coefficient (Wildman–Crippen LogP) is 7.10. The quantitative estimate of drug-likeness (QED) is 0.142. The van der Waals surface area contributed by atoms with Crippen LogP contribution in [0.25, 0.3) is 0 Å². The monoisotopic (exact) mass is 540 g/mol. The summed E-state index contributed by atoms with van der Waals surface area (Å²) in [6, 6.07) is 13.0. The molecule has 38 heavy (non-hydrogen) atoms. The van der Waals surface area contributed by atoms with E-state index < -0.39 is 14.9 Å². The Morgan fingerprint density at radius 1 is 0.868 bits per heavy atom. The van der Waals surface area contributed by atoms with E-state index in [1.807, 2.05) is 39.8 Å². The Labute approximate surface area is 224 Å². The lowest BCUT2D eigenvalue weighted by Crippen LogP contribution is -2.19. The highest BCUT2D eigenvalue weighted by atomic mass is 32.2. The highest BCUT2D eigenvalue weighted by molar-refractivity contribution is 7.92. The third-order valence-electron chi connectivity index (χ3n) is 6.30. The van der Waals surface area contributed by atoms with Crippen LogP contribution in [-0.4, -0.2) is 20.5 Å². The molecule has 0 atom stereocenters. The van der Waals surface area contributed by atoms with Crippen LogP contribution in [0.5, 0.6) is 5.75 Å². The standard InChI is InChI=1S/C28H36N4O5S/c1-16(2)19-12-22(17(3)4)28(23(13-19)18(5)6)38(35,36)31-21-8-10-25(26(15-21)32(33)34)30-20-9-11-27(37-7)24(29)14-20/h8-18,30-31H,29H2,1-7H3. The second-order valence-corrected chi connectivity index (χ2v) is 11.8. The van der Waals surface area contributed by atoms with Gasteiger partial charge in [0.05, 0.1) is 28.3 Å². The van der Waals surface area contributed by atoms with Crippen LogP contribution < -0.4 is 20.5 Å². The van der Waals surface area contributed by atoms with Gasteiger partial charge in [-0.1, -0.05) is 53.7 Å². The van der Waals surface area contributed by atoms with Gasteiger partial charge < -0.3 is 15.8 Å². The van der Waals surface area contributed by atoms with Crippen molar-refractivity contribution in [3.8, 4) is 5.75 Å². The summed E-state index contributed by atoms with van der Waals surface area (Å²) in [5.74, 6) is 0.627. The number of nitrogen functional groups attached to an aromatic ring is 1. The van der Waals surface area contributed by atoms with Gasteiger partial charge in [0.15, 0.2) is 0 Å². The molecule has 0 heterocycles. The maximum absolute atomic E-state index is 13.8. The lowest BCUT2D eigenvalue weighted by Gasteiger charge is -2.23. The fraction of sp³-hybridized carbons (Fsp3) is 0.357. The van der Waals surface area contributed by atoms with E-state index in [4.69, 9.17) is 10.5 Å². The Morgan fingerprint density at radius 3 is 1.92 bits per heavy atom. The van der Waals surface area contributed by atoms with Crippen LogP contribution in [0.15, 0.2) is 53.4 Å². The number of hydrogen-bond donors (Lipinski definition) is 3. The number of nitrogens with one attached hydrogen (secondary N) is 2. The zero-order chi connectivity index (χ0) is 28.4. The molecule has 204 valence electrons. The minimum atomic E-state index is -4.06. The van der Waals surface area contributed by atoms with E-state index in [1.54, 1.807) is 18.2 Å². The van der Waals surface area contributed by atoms with Gasteiger partial charge in [-0.15, -0.1) is 0 Å². The van der Waals surface area contributed by atoms with Crippen LogP contribution in [-0.2, 0) is 10.0 Å². The molecule has 0 saturated carbocycles. The second-order valence-electron chi connectivity index (χ2n) is 10.2. The van der Waals surface area contributed by atoms with Crippen LogP contribution in [0.3, 0.4) is 0 Å². The molecule has 0 radical (unpaired) electrons. The number of sulfonamides is 1. The number of nitrogens with two attached hydrogens (primary N) is 1. The molecule has 0 aliphatic rings. The van der Waals surface area contributed by atoms with Crippen molar-refractivity contribution in [2.75, 3.05) is 22.9 Å². The summed E-state index contributed by atoms with van der Waals surface area (Å²) in [5, 5.41) is 14.9. The number of rotatable bonds is 10.